The molecule has 0 saturated heterocycles. The molecule has 1 aromatic carbocycles. The van der Waals surface area contributed by atoms with Gasteiger partial charge in [-0.05, 0) is 57.6 Å². The predicted molar refractivity (Wildman–Crippen MR) is 115 cm³/mol. The monoisotopic (exact) mass is 415 g/mol. The molecule has 0 radical (unpaired) electrons. The molecule has 30 heavy (non-hydrogen) atoms. The SMILES string of the molecule is CN(C(=O)C1(O)CCCCC1NC(=O)OC(C)(C)C)c1cccc2cc[nH]c(=O)c12. The van der Waals surface area contributed by atoms with Gasteiger partial charge in [0, 0.05) is 13.2 Å². The van der Waals surface area contributed by atoms with Crippen molar-refractivity contribution in [2.45, 2.75) is 63.7 Å². The van der Waals surface area contributed by atoms with Crippen LogP contribution in [0.5, 0.6) is 0 Å². The lowest BCUT2D eigenvalue weighted by atomic mass is 9.79. The first kappa shape index (κ1) is 21.8. The molecule has 1 heterocycles. The number of rotatable bonds is 3. The summed E-state index contributed by atoms with van der Waals surface area (Å²) in [6.07, 6.45) is 2.95. The first-order valence-corrected chi connectivity index (χ1v) is 10.1. The Morgan fingerprint density at radius 1 is 1.27 bits per heavy atom. The van der Waals surface area contributed by atoms with Gasteiger partial charge in [-0.2, -0.15) is 0 Å². The van der Waals surface area contributed by atoms with E-state index in [-0.39, 0.29) is 12.0 Å². The van der Waals surface area contributed by atoms with Crippen LogP contribution in [0.1, 0.15) is 46.5 Å². The highest BCUT2D eigenvalue weighted by molar-refractivity contribution is 6.06. The second-order valence-corrected chi connectivity index (χ2v) is 8.78. The number of benzene rings is 1. The first-order chi connectivity index (χ1) is 14.0. The van der Waals surface area contributed by atoms with Crippen molar-refractivity contribution in [2.75, 3.05) is 11.9 Å². The average molecular weight is 415 g/mol. The highest BCUT2D eigenvalue weighted by Gasteiger charge is 2.48. The Bertz CT molecular complexity index is 1000. The van der Waals surface area contributed by atoms with Crippen LogP contribution in [-0.4, -0.2) is 46.4 Å². The van der Waals surface area contributed by atoms with Crippen LogP contribution in [0, 0.1) is 0 Å². The number of aromatic nitrogens is 1. The van der Waals surface area contributed by atoms with E-state index in [4.69, 9.17) is 4.74 Å². The summed E-state index contributed by atoms with van der Waals surface area (Å²) in [5.74, 6) is -0.570. The zero-order valence-electron chi connectivity index (χ0n) is 17.8. The first-order valence-electron chi connectivity index (χ1n) is 10.1. The lowest BCUT2D eigenvalue weighted by Gasteiger charge is -2.41. The summed E-state index contributed by atoms with van der Waals surface area (Å²) in [4.78, 5) is 42.0. The predicted octanol–water partition coefficient (Wildman–Crippen LogP) is 2.69. The van der Waals surface area contributed by atoms with Gasteiger partial charge in [-0.25, -0.2) is 4.79 Å². The maximum Gasteiger partial charge on any atom is 0.407 e. The maximum absolute atomic E-state index is 13.4. The number of ether oxygens (including phenoxy) is 1. The van der Waals surface area contributed by atoms with Gasteiger partial charge in [0.2, 0.25) is 0 Å². The minimum Gasteiger partial charge on any atom is -0.444 e. The molecule has 3 rings (SSSR count). The highest BCUT2D eigenvalue weighted by Crippen LogP contribution is 2.33. The second-order valence-electron chi connectivity index (χ2n) is 8.78. The smallest absolute Gasteiger partial charge is 0.407 e. The third-order valence-electron chi connectivity index (χ3n) is 5.38. The number of H-pyrrole nitrogens is 1. The number of nitrogens with zero attached hydrogens (tertiary/aromatic N) is 1. The zero-order chi connectivity index (χ0) is 22.1. The van der Waals surface area contributed by atoms with Gasteiger partial charge >= 0.3 is 6.09 Å². The molecule has 8 nitrogen and oxygen atoms in total. The summed E-state index contributed by atoms with van der Waals surface area (Å²) in [5, 5.41) is 15.1. The van der Waals surface area contributed by atoms with E-state index in [2.05, 4.69) is 10.3 Å². The number of carbonyl (C=O) groups is 2. The maximum atomic E-state index is 13.4. The van der Waals surface area contributed by atoms with Crippen molar-refractivity contribution in [2.24, 2.45) is 0 Å². The van der Waals surface area contributed by atoms with Crippen LogP contribution in [0.25, 0.3) is 10.8 Å². The van der Waals surface area contributed by atoms with Crippen molar-refractivity contribution in [3.05, 3.63) is 40.8 Å². The molecule has 1 fully saturated rings. The normalized spacial score (nSPS) is 21.8. The number of anilines is 1. The van der Waals surface area contributed by atoms with Gasteiger partial charge in [0.1, 0.15) is 5.60 Å². The van der Waals surface area contributed by atoms with E-state index in [0.717, 1.165) is 6.42 Å². The number of hydrogen-bond acceptors (Lipinski definition) is 5. The number of hydrogen-bond donors (Lipinski definition) is 3. The van der Waals surface area contributed by atoms with Crippen LogP contribution in [-0.2, 0) is 9.53 Å². The Labute approximate surface area is 175 Å². The molecule has 2 aromatic rings. The third-order valence-corrected chi connectivity index (χ3v) is 5.38. The van der Waals surface area contributed by atoms with Gasteiger partial charge in [0.15, 0.2) is 5.60 Å². The van der Waals surface area contributed by atoms with Crippen LogP contribution in [0.15, 0.2) is 35.3 Å². The molecule has 0 spiro atoms. The van der Waals surface area contributed by atoms with E-state index in [1.165, 1.54) is 11.9 Å². The van der Waals surface area contributed by atoms with Crippen molar-refractivity contribution < 1.29 is 19.4 Å². The topological polar surface area (TPSA) is 112 Å². The van der Waals surface area contributed by atoms with Crippen LogP contribution >= 0.6 is 0 Å². The molecule has 0 bridgehead atoms. The Morgan fingerprint density at radius 2 is 2.00 bits per heavy atom. The fraction of sp³-hybridized carbons (Fsp3) is 0.500. The fourth-order valence-corrected chi connectivity index (χ4v) is 3.96. The number of carbonyl (C=O) groups excluding carboxylic acids is 2. The van der Waals surface area contributed by atoms with Crippen molar-refractivity contribution >= 4 is 28.5 Å². The number of amides is 2. The molecule has 8 heteroatoms. The van der Waals surface area contributed by atoms with Gasteiger partial charge in [0.05, 0.1) is 17.1 Å². The molecule has 3 N–H and O–H groups in total. The Hall–Kier alpha value is -2.87. The molecule has 1 aliphatic carbocycles. The van der Waals surface area contributed by atoms with Crippen molar-refractivity contribution in [3.63, 3.8) is 0 Å². The zero-order valence-corrected chi connectivity index (χ0v) is 17.8. The Kier molecular flexibility index (Phi) is 5.90. The summed E-state index contributed by atoms with van der Waals surface area (Å²) < 4.78 is 5.30. The third kappa shape index (κ3) is 4.33. The van der Waals surface area contributed by atoms with Crippen LogP contribution in [0.3, 0.4) is 0 Å². The van der Waals surface area contributed by atoms with Gasteiger partial charge in [-0.3, -0.25) is 9.59 Å². The van der Waals surface area contributed by atoms with Crippen LogP contribution in [0.4, 0.5) is 10.5 Å². The number of aromatic amines is 1. The van der Waals surface area contributed by atoms with E-state index in [9.17, 15) is 19.5 Å². The van der Waals surface area contributed by atoms with Crippen LogP contribution < -0.4 is 15.8 Å². The molecule has 0 aliphatic heterocycles. The largest absolute Gasteiger partial charge is 0.444 e. The van der Waals surface area contributed by atoms with E-state index in [0.29, 0.717) is 29.3 Å². The number of fused-ring (bicyclic) bond motifs is 1. The molecular weight excluding hydrogens is 386 g/mol. The minimum atomic E-state index is -1.80. The molecular formula is C22H29N3O5. The number of pyridine rings is 1. The van der Waals surface area contributed by atoms with E-state index < -0.39 is 29.2 Å². The van der Waals surface area contributed by atoms with Gasteiger partial charge < -0.3 is 25.0 Å². The molecule has 2 unspecified atom stereocenters. The number of alkyl carbamates (subject to hydrolysis) is 1. The Balaban J connectivity index is 1.91. The van der Waals surface area contributed by atoms with Crippen molar-refractivity contribution in [3.8, 4) is 0 Å². The lowest BCUT2D eigenvalue weighted by molar-refractivity contribution is -0.142. The van der Waals surface area contributed by atoms with Gasteiger partial charge in [-0.1, -0.05) is 18.6 Å². The summed E-state index contributed by atoms with van der Waals surface area (Å²) in [6.45, 7) is 5.24. The summed E-state index contributed by atoms with van der Waals surface area (Å²) >= 11 is 0. The molecule has 1 aliphatic rings. The van der Waals surface area contributed by atoms with E-state index in [1.807, 2.05) is 0 Å². The number of likely N-dealkylation sites (N-methyl/N-ethyl adjacent to an activating group) is 1. The number of aliphatic hydroxyl groups is 1. The van der Waals surface area contributed by atoms with Gasteiger partial charge in [-0.15, -0.1) is 0 Å². The fourth-order valence-electron chi connectivity index (χ4n) is 3.96. The van der Waals surface area contributed by atoms with Gasteiger partial charge in [0.25, 0.3) is 11.5 Å². The van der Waals surface area contributed by atoms with E-state index in [1.54, 1.807) is 51.2 Å². The quantitative estimate of drug-likeness (QED) is 0.714. The second kappa shape index (κ2) is 8.10. The number of nitrogens with one attached hydrogen (secondary N) is 2. The molecule has 2 amide bonds. The highest BCUT2D eigenvalue weighted by atomic mass is 16.6. The average Bonchev–Trinajstić information content (AvgIpc) is 2.67. The van der Waals surface area contributed by atoms with Crippen molar-refractivity contribution in [1.82, 2.24) is 10.3 Å². The minimum absolute atomic E-state index is 0.206. The summed E-state index contributed by atoms with van der Waals surface area (Å²) in [7, 11) is 1.53. The lowest BCUT2D eigenvalue weighted by Crippen LogP contribution is -2.62. The van der Waals surface area contributed by atoms with Crippen LogP contribution in [0.2, 0.25) is 0 Å². The molecule has 1 saturated carbocycles. The summed E-state index contributed by atoms with van der Waals surface area (Å²) in [6, 6.07) is 6.17. The Morgan fingerprint density at radius 3 is 2.70 bits per heavy atom. The molecule has 2 atom stereocenters. The summed E-state index contributed by atoms with van der Waals surface area (Å²) in [5.41, 5.74) is -2.41. The van der Waals surface area contributed by atoms with E-state index >= 15 is 0 Å². The molecule has 162 valence electrons. The molecule has 1 aromatic heterocycles. The van der Waals surface area contributed by atoms with Crippen molar-refractivity contribution in [1.29, 1.82) is 0 Å². The standard InChI is InChI=1S/C22H29N3O5/c1-21(2,3)30-20(28)24-16-10-5-6-12-22(16,29)19(27)25(4)15-9-7-8-14-11-13-23-18(26)17(14)15/h7-9,11,13,16,29H,5-6,10,12H2,1-4H3,(H,23,26)(H,24,28).